The van der Waals surface area contributed by atoms with Gasteiger partial charge in [0, 0.05) is 12.7 Å². The van der Waals surface area contributed by atoms with Crippen LogP contribution in [-0.2, 0) is 11.3 Å². The van der Waals surface area contributed by atoms with E-state index in [1.807, 2.05) is 0 Å². The number of rotatable bonds is 2. The number of nitrogens with two attached hydrogens (primary N) is 1. The van der Waals surface area contributed by atoms with Crippen molar-refractivity contribution in [1.82, 2.24) is 4.98 Å². The third kappa shape index (κ3) is 6.09. The van der Waals surface area contributed by atoms with Gasteiger partial charge in [0.25, 0.3) is 0 Å². The molecule has 0 aliphatic carbocycles. The molecule has 0 aromatic carbocycles. The van der Waals surface area contributed by atoms with E-state index in [0.717, 1.165) is 5.56 Å². The molecule has 1 heterocycles. The largest absolute Gasteiger partial charge is 0.444 e. The molecule has 17 heavy (non-hydrogen) atoms. The molecule has 0 bridgehead atoms. The first kappa shape index (κ1) is 15.7. The molecule has 96 valence electrons. The van der Waals surface area contributed by atoms with Crippen molar-refractivity contribution in [1.29, 1.82) is 0 Å². The maximum absolute atomic E-state index is 11.4. The van der Waals surface area contributed by atoms with E-state index in [4.69, 9.17) is 10.5 Å². The van der Waals surface area contributed by atoms with Crippen molar-refractivity contribution >= 4 is 24.3 Å². The van der Waals surface area contributed by atoms with Crippen LogP contribution in [0.3, 0.4) is 0 Å². The summed E-state index contributed by atoms with van der Waals surface area (Å²) in [5, 5.41) is 2.55. The molecule has 1 aromatic rings. The van der Waals surface area contributed by atoms with Gasteiger partial charge in [-0.15, -0.1) is 12.4 Å². The third-order valence-electron chi connectivity index (χ3n) is 1.69. The average Bonchev–Trinajstić information content (AvgIpc) is 2.15. The summed E-state index contributed by atoms with van der Waals surface area (Å²) in [6.45, 7) is 5.81. The number of anilines is 1. The Morgan fingerprint density at radius 1 is 1.53 bits per heavy atom. The van der Waals surface area contributed by atoms with Crippen LogP contribution in [0.4, 0.5) is 10.6 Å². The third-order valence-corrected chi connectivity index (χ3v) is 1.69. The van der Waals surface area contributed by atoms with Crippen LogP contribution in [0.5, 0.6) is 0 Å². The monoisotopic (exact) mass is 259 g/mol. The van der Waals surface area contributed by atoms with Gasteiger partial charge < -0.3 is 10.5 Å². The lowest BCUT2D eigenvalue weighted by Crippen LogP contribution is -2.27. The van der Waals surface area contributed by atoms with E-state index < -0.39 is 11.7 Å². The summed E-state index contributed by atoms with van der Waals surface area (Å²) in [5.74, 6) is 0.442. The second-order valence-corrected chi connectivity index (χ2v) is 4.38. The molecular formula is C11H18ClN3O2. The Bertz CT molecular complexity index is 377. The molecule has 1 aromatic heterocycles. The Balaban J connectivity index is 0.00000256. The lowest BCUT2D eigenvalue weighted by molar-refractivity contribution is 0.0635. The number of pyridine rings is 1. The zero-order chi connectivity index (χ0) is 12.2. The Morgan fingerprint density at radius 2 is 2.18 bits per heavy atom. The molecule has 5 nitrogen and oxygen atoms in total. The van der Waals surface area contributed by atoms with Gasteiger partial charge in [0.05, 0.1) is 0 Å². The zero-order valence-electron chi connectivity index (χ0n) is 10.2. The first-order valence-electron chi connectivity index (χ1n) is 5.06. The molecule has 0 unspecified atom stereocenters. The van der Waals surface area contributed by atoms with E-state index in [0.29, 0.717) is 12.4 Å². The first-order valence-corrected chi connectivity index (χ1v) is 5.06. The molecule has 3 N–H and O–H groups in total. The molecule has 0 saturated heterocycles. The first-order chi connectivity index (χ1) is 7.40. The lowest BCUT2D eigenvalue weighted by atomic mass is 10.2. The fourth-order valence-corrected chi connectivity index (χ4v) is 1.08. The minimum Gasteiger partial charge on any atom is -0.444 e. The number of carbonyl (C=O) groups is 1. The molecule has 0 spiro atoms. The summed E-state index contributed by atoms with van der Waals surface area (Å²) in [6.07, 6.45) is 1.07. The maximum atomic E-state index is 11.4. The summed E-state index contributed by atoms with van der Waals surface area (Å²) < 4.78 is 5.09. The van der Waals surface area contributed by atoms with Crippen LogP contribution in [-0.4, -0.2) is 16.7 Å². The molecule has 1 amide bonds. The number of aromatic nitrogens is 1. The molecule has 6 heteroatoms. The minimum absolute atomic E-state index is 0. The van der Waals surface area contributed by atoms with Crippen LogP contribution in [0.2, 0.25) is 0 Å². The van der Waals surface area contributed by atoms with E-state index >= 15 is 0 Å². The van der Waals surface area contributed by atoms with Gasteiger partial charge in [0.15, 0.2) is 0 Å². The van der Waals surface area contributed by atoms with Crippen LogP contribution < -0.4 is 11.1 Å². The number of nitrogens with one attached hydrogen (secondary N) is 1. The van der Waals surface area contributed by atoms with Crippen LogP contribution >= 0.6 is 12.4 Å². The van der Waals surface area contributed by atoms with Crippen molar-refractivity contribution in [3.05, 3.63) is 23.9 Å². The Morgan fingerprint density at radius 3 is 2.71 bits per heavy atom. The van der Waals surface area contributed by atoms with Crippen molar-refractivity contribution in [3.63, 3.8) is 0 Å². The number of carbonyl (C=O) groups excluding carboxylic acids is 1. The Labute approximate surface area is 107 Å². The number of ether oxygens (including phenoxy) is 1. The summed E-state index contributed by atoms with van der Waals surface area (Å²) in [6, 6.07) is 3.50. The highest BCUT2D eigenvalue weighted by atomic mass is 35.5. The topological polar surface area (TPSA) is 77.2 Å². The van der Waals surface area contributed by atoms with Gasteiger partial charge in [0.1, 0.15) is 11.4 Å². The second-order valence-electron chi connectivity index (χ2n) is 4.38. The van der Waals surface area contributed by atoms with Crippen molar-refractivity contribution in [3.8, 4) is 0 Å². The number of hydrogen-bond donors (Lipinski definition) is 2. The van der Waals surface area contributed by atoms with Gasteiger partial charge in [0.2, 0.25) is 0 Å². The van der Waals surface area contributed by atoms with Crippen LogP contribution in [0.15, 0.2) is 18.3 Å². The van der Waals surface area contributed by atoms with E-state index in [-0.39, 0.29) is 12.4 Å². The highest BCUT2D eigenvalue weighted by Gasteiger charge is 2.16. The quantitative estimate of drug-likeness (QED) is 0.854. The van der Waals surface area contributed by atoms with Crippen LogP contribution in [0.25, 0.3) is 0 Å². The Kier molecular flexibility index (Phi) is 5.91. The average molecular weight is 260 g/mol. The normalized spacial score (nSPS) is 10.4. The number of amides is 1. The molecule has 0 fully saturated rings. The maximum Gasteiger partial charge on any atom is 0.413 e. The highest BCUT2D eigenvalue weighted by Crippen LogP contribution is 2.10. The van der Waals surface area contributed by atoms with Gasteiger partial charge in [-0.2, -0.15) is 0 Å². The summed E-state index contributed by atoms with van der Waals surface area (Å²) in [5.41, 5.74) is 5.87. The smallest absolute Gasteiger partial charge is 0.413 e. The van der Waals surface area contributed by atoms with Crippen molar-refractivity contribution < 1.29 is 9.53 Å². The molecule has 0 radical (unpaired) electrons. The highest BCUT2D eigenvalue weighted by molar-refractivity contribution is 5.85. The van der Waals surface area contributed by atoms with Gasteiger partial charge in [-0.3, -0.25) is 5.32 Å². The summed E-state index contributed by atoms with van der Waals surface area (Å²) >= 11 is 0. The fraction of sp³-hybridized carbons (Fsp3) is 0.455. The molecule has 1 rings (SSSR count). The molecule has 0 aliphatic heterocycles. The molecule has 0 aliphatic rings. The van der Waals surface area contributed by atoms with Gasteiger partial charge >= 0.3 is 6.09 Å². The van der Waals surface area contributed by atoms with E-state index in [1.54, 1.807) is 39.1 Å². The number of hydrogen-bond acceptors (Lipinski definition) is 4. The van der Waals surface area contributed by atoms with Crippen LogP contribution in [0.1, 0.15) is 26.3 Å². The number of nitrogens with zero attached hydrogens (tertiary/aromatic N) is 1. The fourth-order valence-electron chi connectivity index (χ4n) is 1.08. The SMILES string of the molecule is CC(C)(C)OC(=O)Nc1cc(CN)ccn1.Cl. The van der Waals surface area contributed by atoms with E-state index in [1.165, 1.54) is 0 Å². The van der Waals surface area contributed by atoms with E-state index in [2.05, 4.69) is 10.3 Å². The summed E-state index contributed by atoms with van der Waals surface area (Å²) in [4.78, 5) is 15.4. The molecule has 0 saturated carbocycles. The molecular weight excluding hydrogens is 242 g/mol. The van der Waals surface area contributed by atoms with Crippen molar-refractivity contribution in [2.24, 2.45) is 5.73 Å². The predicted octanol–water partition coefficient (Wildman–Crippen LogP) is 2.31. The standard InChI is InChI=1S/C11H17N3O2.ClH/c1-11(2,3)16-10(15)14-9-6-8(7-12)4-5-13-9;/h4-6H,7,12H2,1-3H3,(H,13,14,15);1H. The lowest BCUT2D eigenvalue weighted by Gasteiger charge is -2.19. The van der Waals surface area contributed by atoms with Crippen molar-refractivity contribution in [2.75, 3.05) is 5.32 Å². The zero-order valence-corrected chi connectivity index (χ0v) is 11.0. The minimum atomic E-state index is -0.519. The number of halogens is 1. The van der Waals surface area contributed by atoms with Crippen molar-refractivity contribution in [2.45, 2.75) is 32.9 Å². The Hall–Kier alpha value is -1.33. The van der Waals surface area contributed by atoms with Gasteiger partial charge in [-0.1, -0.05) is 0 Å². The van der Waals surface area contributed by atoms with E-state index in [9.17, 15) is 4.79 Å². The van der Waals surface area contributed by atoms with Gasteiger partial charge in [-0.25, -0.2) is 9.78 Å². The molecule has 0 atom stereocenters. The predicted molar refractivity (Wildman–Crippen MR) is 69.2 cm³/mol. The summed E-state index contributed by atoms with van der Waals surface area (Å²) in [7, 11) is 0. The second kappa shape index (κ2) is 6.42. The van der Waals surface area contributed by atoms with Gasteiger partial charge in [-0.05, 0) is 38.5 Å². The van der Waals surface area contributed by atoms with Crippen LogP contribution in [0, 0.1) is 0 Å².